The van der Waals surface area contributed by atoms with E-state index in [-0.39, 0.29) is 17.0 Å². The number of fused-ring (bicyclic) bond motifs is 1. The Morgan fingerprint density at radius 1 is 0.978 bits per heavy atom. The zero-order valence-electron chi connectivity index (χ0n) is 25.9. The van der Waals surface area contributed by atoms with Crippen molar-refractivity contribution in [3.63, 3.8) is 0 Å². The fourth-order valence-corrected chi connectivity index (χ4v) is 6.61. The molecule has 0 saturated heterocycles. The number of benzene rings is 3. The van der Waals surface area contributed by atoms with E-state index in [1.165, 1.54) is 11.3 Å². The van der Waals surface area contributed by atoms with E-state index in [9.17, 15) is 19.5 Å². The molecule has 10 heteroatoms. The van der Waals surface area contributed by atoms with Crippen molar-refractivity contribution in [2.24, 2.45) is 4.99 Å². The van der Waals surface area contributed by atoms with Gasteiger partial charge in [-0.1, -0.05) is 47.2 Å². The van der Waals surface area contributed by atoms with Gasteiger partial charge in [0.05, 0.1) is 34.5 Å². The lowest BCUT2D eigenvalue weighted by Gasteiger charge is -2.25. The van der Waals surface area contributed by atoms with Gasteiger partial charge in [-0.15, -0.1) is 0 Å². The van der Waals surface area contributed by atoms with Gasteiger partial charge in [0.2, 0.25) is 0 Å². The van der Waals surface area contributed by atoms with Gasteiger partial charge < -0.3 is 19.6 Å². The highest BCUT2D eigenvalue weighted by molar-refractivity contribution is 7.07. The second-order valence-corrected chi connectivity index (χ2v) is 12.2. The van der Waals surface area contributed by atoms with E-state index in [0.717, 1.165) is 22.3 Å². The number of hydrogen-bond acceptors (Lipinski definition) is 7. The SMILES string of the molecule is COc1ccc([C@H]2C(C(=O)Nc3ccc(C)cc3C)=C(C)N=c3s/c(=C/c4ccc(-c5cc(C(=O)O)ccc5C)o4)c(=O)n32)cc1. The summed E-state index contributed by atoms with van der Waals surface area (Å²) < 4.78 is 13.3. The zero-order chi connectivity index (χ0) is 32.7. The minimum absolute atomic E-state index is 0.151. The summed E-state index contributed by atoms with van der Waals surface area (Å²) in [6.45, 7) is 7.57. The Kier molecular flexibility index (Phi) is 8.06. The molecule has 9 nitrogen and oxygen atoms in total. The first-order valence-electron chi connectivity index (χ1n) is 14.5. The average Bonchev–Trinajstić information content (AvgIpc) is 3.61. The molecule has 0 saturated carbocycles. The lowest BCUT2D eigenvalue weighted by Crippen LogP contribution is -2.40. The van der Waals surface area contributed by atoms with Gasteiger partial charge in [-0.25, -0.2) is 9.79 Å². The number of carboxylic acid groups (broad SMARTS) is 1. The Morgan fingerprint density at radius 3 is 2.43 bits per heavy atom. The molecule has 1 aliphatic rings. The van der Waals surface area contributed by atoms with Crippen LogP contribution in [0.1, 0.15) is 51.3 Å². The number of amides is 1. The van der Waals surface area contributed by atoms with Crippen molar-refractivity contribution in [3.05, 3.63) is 137 Å². The minimum atomic E-state index is -1.03. The van der Waals surface area contributed by atoms with Gasteiger partial charge in [0.15, 0.2) is 4.80 Å². The maximum absolute atomic E-state index is 14.1. The number of methoxy groups -OCH3 is 1. The van der Waals surface area contributed by atoms with Crippen LogP contribution >= 0.6 is 11.3 Å². The molecule has 6 rings (SSSR count). The number of aryl methyl sites for hydroxylation is 3. The number of anilines is 1. The van der Waals surface area contributed by atoms with Crippen LogP contribution in [0.25, 0.3) is 17.4 Å². The second-order valence-electron chi connectivity index (χ2n) is 11.2. The first-order chi connectivity index (χ1) is 22.0. The summed E-state index contributed by atoms with van der Waals surface area (Å²) in [7, 11) is 1.58. The van der Waals surface area contributed by atoms with Gasteiger partial charge in [0, 0.05) is 17.3 Å². The largest absolute Gasteiger partial charge is 0.497 e. The van der Waals surface area contributed by atoms with Crippen molar-refractivity contribution in [1.29, 1.82) is 0 Å². The molecule has 0 radical (unpaired) electrons. The van der Waals surface area contributed by atoms with Gasteiger partial charge in [0.1, 0.15) is 17.3 Å². The summed E-state index contributed by atoms with van der Waals surface area (Å²) in [6, 6.07) is 20.7. The lowest BCUT2D eigenvalue weighted by atomic mass is 9.95. The molecule has 0 spiro atoms. The molecule has 46 heavy (non-hydrogen) atoms. The van der Waals surface area contributed by atoms with Crippen molar-refractivity contribution in [3.8, 4) is 17.1 Å². The standard InChI is InChI=1S/C36H31N3O6S/c1-19-6-14-28(21(3)16-19)38-33(40)31-22(4)37-36-39(32(31)23-9-11-25(44-5)12-10-23)34(41)30(46-36)18-26-13-15-29(45-26)27-17-24(35(42)43)8-7-20(27)2/h6-18,32H,1-5H3,(H,38,40)(H,42,43)/b30-18+/t32-/m0/s1. The van der Waals surface area contributed by atoms with Gasteiger partial charge in [-0.3, -0.25) is 14.2 Å². The van der Waals surface area contributed by atoms with Crippen molar-refractivity contribution in [2.45, 2.75) is 33.7 Å². The van der Waals surface area contributed by atoms with Crippen LogP contribution in [0.5, 0.6) is 5.75 Å². The Morgan fingerprint density at radius 2 is 1.74 bits per heavy atom. The fraction of sp³-hybridized carbons (Fsp3) is 0.167. The molecule has 2 aromatic heterocycles. The van der Waals surface area contributed by atoms with Crippen molar-refractivity contribution < 1.29 is 23.8 Å². The number of rotatable bonds is 7. The molecule has 0 aliphatic carbocycles. The third-order valence-corrected chi connectivity index (χ3v) is 8.96. The van der Waals surface area contributed by atoms with E-state index in [1.54, 1.807) is 67.1 Å². The molecule has 3 heterocycles. The number of hydrogen-bond donors (Lipinski definition) is 2. The number of carbonyl (C=O) groups excluding carboxylic acids is 1. The van der Waals surface area contributed by atoms with Gasteiger partial charge in [-0.05, 0) is 86.8 Å². The lowest BCUT2D eigenvalue weighted by molar-refractivity contribution is -0.113. The van der Waals surface area contributed by atoms with Crippen LogP contribution in [0.2, 0.25) is 0 Å². The molecule has 1 aliphatic heterocycles. The van der Waals surface area contributed by atoms with Crippen LogP contribution in [0, 0.1) is 20.8 Å². The molecule has 2 N–H and O–H groups in total. The normalized spacial score (nSPS) is 14.5. The monoisotopic (exact) mass is 633 g/mol. The third-order valence-electron chi connectivity index (χ3n) is 7.98. The van der Waals surface area contributed by atoms with E-state index in [2.05, 4.69) is 5.32 Å². The van der Waals surface area contributed by atoms with E-state index in [4.69, 9.17) is 14.1 Å². The predicted molar refractivity (Wildman–Crippen MR) is 177 cm³/mol. The predicted octanol–water partition coefficient (Wildman–Crippen LogP) is 5.77. The maximum Gasteiger partial charge on any atom is 0.335 e. The molecule has 1 atom stereocenters. The van der Waals surface area contributed by atoms with Crippen LogP contribution in [0.3, 0.4) is 0 Å². The number of aromatic nitrogens is 1. The molecule has 3 aromatic carbocycles. The number of aromatic carboxylic acids is 1. The quantitative estimate of drug-likeness (QED) is 0.235. The van der Waals surface area contributed by atoms with Crippen molar-refractivity contribution >= 4 is 35.0 Å². The van der Waals surface area contributed by atoms with Crippen LogP contribution in [0.4, 0.5) is 5.69 Å². The Labute approximate surface area is 268 Å². The van der Waals surface area contributed by atoms with Crippen LogP contribution in [-0.4, -0.2) is 28.7 Å². The zero-order valence-corrected chi connectivity index (χ0v) is 26.7. The smallest absolute Gasteiger partial charge is 0.335 e. The summed E-state index contributed by atoms with van der Waals surface area (Å²) in [5.41, 5.74) is 5.61. The highest BCUT2D eigenvalue weighted by Crippen LogP contribution is 2.32. The van der Waals surface area contributed by atoms with E-state index in [1.807, 2.05) is 51.1 Å². The molecule has 1 amide bonds. The Hall–Kier alpha value is -5.48. The number of carbonyl (C=O) groups is 2. The molecular formula is C36H31N3O6S. The first-order valence-corrected chi connectivity index (χ1v) is 15.3. The van der Waals surface area contributed by atoms with E-state index in [0.29, 0.717) is 49.1 Å². The maximum atomic E-state index is 14.1. The highest BCUT2D eigenvalue weighted by atomic mass is 32.1. The van der Waals surface area contributed by atoms with Crippen LogP contribution in [-0.2, 0) is 4.79 Å². The molecule has 5 aromatic rings. The van der Waals surface area contributed by atoms with Gasteiger partial charge in [-0.2, -0.15) is 0 Å². The number of nitrogens with zero attached hydrogens (tertiary/aromatic N) is 2. The minimum Gasteiger partial charge on any atom is -0.497 e. The Bertz CT molecular complexity index is 2240. The summed E-state index contributed by atoms with van der Waals surface area (Å²) >= 11 is 1.20. The van der Waals surface area contributed by atoms with Gasteiger partial charge >= 0.3 is 5.97 Å². The Balaban J connectivity index is 1.44. The van der Waals surface area contributed by atoms with E-state index >= 15 is 0 Å². The fourth-order valence-electron chi connectivity index (χ4n) is 5.58. The number of thiazole rings is 1. The van der Waals surface area contributed by atoms with Crippen molar-refractivity contribution in [2.75, 3.05) is 12.4 Å². The summed E-state index contributed by atoms with van der Waals surface area (Å²) in [5, 5.41) is 12.5. The molecule has 232 valence electrons. The van der Waals surface area contributed by atoms with Crippen molar-refractivity contribution in [1.82, 2.24) is 4.57 Å². The van der Waals surface area contributed by atoms with Gasteiger partial charge in [0.25, 0.3) is 11.5 Å². The third kappa shape index (κ3) is 5.70. The number of ether oxygens (including phenoxy) is 1. The topological polar surface area (TPSA) is 123 Å². The second kappa shape index (κ2) is 12.1. The first kappa shape index (κ1) is 30.5. The van der Waals surface area contributed by atoms with Crippen LogP contribution in [0.15, 0.2) is 98.3 Å². The summed E-state index contributed by atoms with van der Waals surface area (Å²) in [6.07, 6.45) is 1.64. The molecule has 0 fully saturated rings. The summed E-state index contributed by atoms with van der Waals surface area (Å²) in [4.78, 5) is 44.7. The molecular weight excluding hydrogens is 602 g/mol. The number of furan rings is 1. The average molecular weight is 634 g/mol. The van der Waals surface area contributed by atoms with E-state index < -0.39 is 12.0 Å². The molecule has 0 bridgehead atoms. The highest BCUT2D eigenvalue weighted by Gasteiger charge is 2.33. The number of carboxylic acids is 1. The summed E-state index contributed by atoms with van der Waals surface area (Å²) in [5.74, 6) is 0.175. The molecule has 0 unspecified atom stereocenters. The van der Waals surface area contributed by atoms with Crippen LogP contribution < -0.4 is 24.9 Å². The number of nitrogens with one attached hydrogen (secondary N) is 1. The number of allylic oxidation sites excluding steroid dienone is 1.